The first kappa shape index (κ1) is 17.9. The lowest BCUT2D eigenvalue weighted by Crippen LogP contribution is -2.21. The van der Waals surface area contributed by atoms with Crippen molar-refractivity contribution >= 4 is 17.5 Å². The number of unbranched alkanes of at least 4 members (excludes halogenated alkanes) is 2. The zero-order valence-corrected chi connectivity index (χ0v) is 14.3. The van der Waals surface area contributed by atoms with E-state index in [0.717, 1.165) is 38.5 Å². The molecule has 1 saturated carbocycles. The van der Waals surface area contributed by atoms with Crippen LogP contribution in [0.15, 0.2) is 11.8 Å². The minimum atomic E-state index is -0.293. The molecule has 0 spiro atoms. The van der Waals surface area contributed by atoms with Gasteiger partial charge in [-0.1, -0.05) is 33.1 Å². The maximum absolute atomic E-state index is 12.2. The third-order valence-electron chi connectivity index (χ3n) is 5.15. The van der Waals surface area contributed by atoms with Crippen molar-refractivity contribution in [3.05, 3.63) is 11.8 Å². The summed E-state index contributed by atoms with van der Waals surface area (Å²) in [6.07, 6.45) is 8.73. The number of Topliss-reactive ketones (excluding diaryl/α,β-unsaturated/α-hetero) is 1. The molecule has 0 N–H and O–H groups in total. The number of carbonyl (C=O) groups excluding carboxylic acids is 3. The maximum atomic E-state index is 12.2. The smallest absolute Gasteiger partial charge is 0.311 e. The van der Waals surface area contributed by atoms with Crippen molar-refractivity contribution in [2.24, 2.45) is 17.8 Å². The van der Waals surface area contributed by atoms with Gasteiger partial charge in [-0.2, -0.15) is 0 Å². The molecule has 4 heteroatoms. The van der Waals surface area contributed by atoms with Gasteiger partial charge in [-0.05, 0) is 25.2 Å². The Labute approximate surface area is 138 Å². The third-order valence-corrected chi connectivity index (χ3v) is 5.15. The summed E-state index contributed by atoms with van der Waals surface area (Å²) in [5, 5.41) is 0. The number of rotatable bonds is 7. The van der Waals surface area contributed by atoms with Gasteiger partial charge >= 0.3 is 5.97 Å². The van der Waals surface area contributed by atoms with E-state index in [2.05, 4.69) is 6.92 Å². The zero-order chi connectivity index (χ0) is 16.8. The fourth-order valence-corrected chi connectivity index (χ4v) is 3.59. The van der Waals surface area contributed by atoms with Crippen molar-refractivity contribution < 1.29 is 19.1 Å². The summed E-state index contributed by atoms with van der Waals surface area (Å²) in [6.45, 7) is 4.04. The molecule has 1 fully saturated rings. The molecule has 0 radical (unpaired) electrons. The Morgan fingerprint density at radius 1 is 1.22 bits per heavy atom. The second kappa shape index (κ2) is 8.42. The number of allylic oxidation sites excluding steroid dienone is 2. The molecule has 2 aliphatic rings. The highest BCUT2D eigenvalue weighted by Gasteiger charge is 2.35. The Bertz CT molecular complexity index is 492. The van der Waals surface area contributed by atoms with Crippen LogP contribution in [0.2, 0.25) is 0 Å². The Balaban J connectivity index is 1.85. The van der Waals surface area contributed by atoms with Crippen LogP contribution < -0.4 is 0 Å². The van der Waals surface area contributed by atoms with Gasteiger partial charge in [0.05, 0.1) is 0 Å². The van der Waals surface area contributed by atoms with E-state index in [-0.39, 0.29) is 29.5 Å². The molecular formula is C19H28O4. The highest BCUT2D eigenvalue weighted by Crippen LogP contribution is 2.35. The number of hydrogen-bond donors (Lipinski definition) is 0. The second-order valence-electron chi connectivity index (χ2n) is 7.00. The molecule has 0 aromatic carbocycles. The van der Waals surface area contributed by atoms with E-state index < -0.39 is 0 Å². The molecule has 0 aromatic rings. The van der Waals surface area contributed by atoms with Gasteiger partial charge in [0.25, 0.3) is 0 Å². The Morgan fingerprint density at radius 3 is 2.70 bits per heavy atom. The minimum absolute atomic E-state index is 0.0212. The van der Waals surface area contributed by atoms with Crippen LogP contribution in [0, 0.1) is 17.8 Å². The average molecular weight is 320 g/mol. The lowest BCUT2D eigenvalue weighted by molar-refractivity contribution is -0.141. The molecule has 0 aromatic heterocycles. The van der Waals surface area contributed by atoms with Crippen LogP contribution in [0.25, 0.3) is 0 Å². The molecule has 23 heavy (non-hydrogen) atoms. The quantitative estimate of drug-likeness (QED) is 0.526. The molecule has 0 amide bonds. The van der Waals surface area contributed by atoms with Gasteiger partial charge in [0, 0.05) is 37.2 Å². The normalized spacial score (nSPS) is 27.9. The summed E-state index contributed by atoms with van der Waals surface area (Å²) in [4.78, 5) is 35.8. The van der Waals surface area contributed by atoms with Crippen molar-refractivity contribution in [2.45, 2.75) is 71.6 Å². The average Bonchev–Trinajstić information content (AvgIpc) is 2.84. The summed E-state index contributed by atoms with van der Waals surface area (Å²) in [5.74, 6) is 0.700. The van der Waals surface area contributed by atoms with Crippen LogP contribution in [-0.4, -0.2) is 17.5 Å². The van der Waals surface area contributed by atoms with Crippen LogP contribution >= 0.6 is 0 Å². The van der Waals surface area contributed by atoms with Crippen molar-refractivity contribution in [3.8, 4) is 0 Å². The van der Waals surface area contributed by atoms with Gasteiger partial charge < -0.3 is 4.74 Å². The summed E-state index contributed by atoms with van der Waals surface area (Å²) in [5.41, 5.74) is 0. The zero-order valence-electron chi connectivity index (χ0n) is 14.3. The van der Waals surface area contributed by atoms with E-state index in [0.29, 0.717) is 30.8 Å². The predicted octanol–water partition coefficient (Wildman–Crippen LogP) is 3.98. The van der Waals surface area contributed by atoms with Crippen LogP contribution in [0.5, 0.6) is 0 Å². The molecule has 0 aliphatic heterocycles. The van der Waals surface area contributed by atoms with Crippen LogP contribution in [0.3, 0.4) is 0 Å². The Morgan fingerprint density at radius 2 is 2.00 bits per heavy atom. The highest BCUT2D eigenvalue weighted by atomic mass is 16.5. The van der Waals surface area contributed by atoms with Gasteiger partial charge in [-0.15, -0.1) is 0 Å². The van der Waals surface area contributed by atoms with E-state index in [9.17, 15) is 14.4 Å². The molecule has 2 rings (SSSR count). The third kappa shape index (κ3) is 5.02. The summed E-state index contributed by atoms with van der Waals surface area (Å²) in [7, 11) is 0. The summed E-state index contributed by atoms with van der Waals surface area (Å²) in [6, 6.07) is 0. The van der Waals surface area contributed by atoms with Crippen molar-refractivity contribution in [1.29, 1.82) is 0 Å². The van der Waals surface area contributed by atoms with E-state index in [4.69, 9.17) is 4.74 Å². The molecule has 3 unspecified atom stereocenters. The molecule has 0 saturated heterocycles. The predicted molar refractivity (Wildman–Crippen MR) is 87.6 cm³/mol. The number of ether oxygens (including phenoxy) is 1. The Kier molecular flexibility index (Phi) is 6.55. The fraction of sp³-hybridized carbons (Fsp3) is 0.737. The monoisotopic (exact) mass is 320 g/mol. The van der Waals surface area contributed by atoms with Gasteiger partial charge in [-0.25, -0.2) is 0 Å². The SMILES string of the molecule is CCCCCC1C(=O)CCC1CC(=O)OC1=CC(=O)C(C)CC1. The van der Waals surface area contributed by atoms with Crippen LogP contribution in [0.1, 0.15) is 71.6 Å². The number of ketones is 2. The first-order valence-corrected chi connectivity index (χ1v) is 8.99. The molecule has 128 valence electrons. The van der Waals surface area contributed by atoms with E-state index in [1.165, 1.54) is 6.08 Å². The van der Waals surface area contributed by atoms with E-state index >= 15 is 0 Å². The largest absolute Gasteiger partial charge is 0.431 e. The molecule has 0 heterocycles. The second-order valence-corrected chi connectivity index (χ2v) is 7.00. The fourth-order valence-electron chi connectivity index (χ4n) is 3.59. The van der Waals surface area contributed by atoms with Crippen LogP contribution in [0.4, 0.5) is 0 Å². The maximum Gasteiger partial charge on any atom is 0.311 e. The molecular weight excluding hydrogens is 292 g/mol. The van der Waals surface area contributed by atoms with Crippen molar-refractivity contribution in [2.75, 3.05) is 0 Å². The van der Waals surface area contributed by atoms with Crippen LogP contribution in [-0.2, 0) is 19.1 Å². The number of carbonyl (C=O) groups is 3. The van der Waals surface area contributed by atoms with Crippen molar-refractivity contribution in [1.82, 2.24) is 0 Å². The molecule has 2 aliphatic carbocycles. The molecule has 0 bridgehead atoms. The van der Waals surface area contributed by atoms with Gasteiger partial charge in [0.1, 0.15) is 11.5 Å². The lowest BCUT2D eigenvalue weighted by Gasteiger charge is -2.20. The minimum Gasteiger partial charge on any atom is -0.431 e. The molecule has 4 nitrogen and oxygen atoms in total. The van der Waals surface area contributed by atoms with Gasteiger partial charge in [0.2, 0.25) is 0 Å². The topological polar surface area (TPSA) is 60.4 Å². The summed E-state index contributed by atoms with van der Waals surface area (Å²) >= 11 is 0. The van der Waals surface area contributed by atoms with Gasteiger partial charge in [-0.3, -0.25) is 14.4 Å². The van der Waals surface area contributed by atoms with Crippen molar-refractivity contribution in [3.63, 3.8) is 0 Å². The van der Waals surface area contributed by atoms with Gasteiger partial charge in [0.15, 0.2) is 5.78 Å². The molecule has 3 atom stereocenters. The standard InChI is InChI=1S/C19H28O4/c1-3-4-5-6-16-14(8-10-17(16)20)11-19(22)23-15-9-7-13(2)18(21)12-15/h12-14,16H,3-11H2,1-2H3. The number of esters is 1. The number of hydrogen-bond acceptors (Lipinski definition) is 4. The summed E-state index contributed by atoms with van der Waals surface area (Å²) < 4.78 is 5.37. The first-order valence-electron chi connectivity index (χ1n) is 8.99. The van der Waals surface area contributed by atoms with E-state index in [1.54, 1.807) is 0 Å². The first-order chi connectivity index (χ1) is 11.0. The lowest BCUT2D eigenvalue weighted by atomic mass is 9.88. The Hall–Kier alpha value is -1.45. The van der Waals surface area contributed by atoms with E-state index in [1.807, 2.05) is 6.92 Å². The highest BCUT2D eigenvalue weighted by molar-refractivity contribution is 5.93.